The van der Waals surface area contributed by atoms with Gasteiger partial charge in [0.05, 0.1) is 38.3 Å². The van der Waals surface area contributed by atoms with Crippen molar-refractivity contribution in [3.05, 3.63) is 83.3 Å². The molecule has 1 aliphatic rings. The minimum absolute atomic E-state index is 0.155. The second-order valence-electron chi connectivity index (χ2n) is 9.41. The van der Waals surface area contributed by atoms with Crippen LogP contribution in [0.3, 0.4) is 0 Å². The van der Waals surface area contributed by atoms with E-state index < -0.39 is 0 Å². The third kappa shape index (κ3) is 5.08. The van der Waals surface area contributed by atoms with Gasteiger partial charge in [-0.2, -0.15) is 5.10 Å². The lowest BCUT2D eigenvalue weighted by molar-refractivity contribution is -0.142. The monoisotopic (exact) mass is 509 g/mol. The van der Waals surface area contributed by atoms with E-state index in [0.29, 0.717) is 29.8 Å². The smallest absolute Gasteiger partial charge is 0.310 e. The van der Waals surface area contributed by atoms with Gasteiger partial charge in [-0.05, 0) is 43.5 Å². The Kier molecular flexibility index (Phi) is 7.60. The number of hydrogen-bond acceptors (Lipinski definition) is 5. The molecule has 0 aliphatic heterocycles. The first-order chi connectivity index (χ1) is 18.6. The van der Waals surface area contributed by atoms with E-state index >= 15 is 0 Å². The van der Waals surface area contributed by atoms with Gasteiger partial charge in [0.1, 0.15) is 23.8 Å². The molecule has 7 heteroatoms. The molecule has 4 aromatic rings. The van der Waals surface area contributed by atoms with Gasteiger partial charge in [-0.3, -0.25) is 9.48 Å². The van der Waals surface area contributed by atoms with Crippen LogP contribution in [0.5, 0.6) is 11.5 Å². The van der Waals surface area contributed by atoms with E-state index in [1.807, 2.05) is 36.4 Å². The van der Waals surface area contributed by atoms with Crippen LogP contribution in [0.2, 0.25) is 0 Å². The van der Waals surface area contributed by atoms with Crippen molar-refractivity contribution in [3.8, 4) is 22.6 Å². The van der Waals surface area contributed by atoms with Crippen molar-refractivity contribution in [1.82, 2.24) is 9.78 Å². The summed E-state index contributed by atoms with van der Waals surface area (Å²) in [6.07, 6.45) is 4.79. The molecule has 0 unspecified atom stereocenters. The van der Waals surface area contributed by atoms with Crippen molar-refractivity contribution in [2.24, 2.45) is 0 Å². The average Bonchev–Trinajstić information content (AvgIpc) is 3.60. The van der Waals surface area contributed by atoms with E-state index in [1.54, 1.807) is 20.1 Å². The van der Waals surface area contributed by atoms with E-state index in [-0.39, 0.29) is 19.0 Å². The number of nitrogens with zero attached hydrogens (tertiary/aromatic N) is 3. The number of benzene rings is 3. The molecule has 1 aliphatic carbocycles. The summed E-state index contributed by atoms with van der Waals surface area (Å²) in [7, 11) is 1.59. The number of carbonyl (C=O) groups is 1. The zero-order chi connectivity index (χ0) is 26.5. The third-order valence-corrected chi connectivity index (χ3v) is 7.06. The molecule has 0 radical (unpaired) electrons. The van der Waals surface area contributed by atoms with Crippen LogP contribution in [0.4, 0.5) is 5.69 Å². The molecule has 0 bridgehead atoms. The Morgan fingerprint density at radius 3 is 2.68 bits per heavy atom. The van der Waals surface area contributed by atoms with Gasteiger partial charge in [0.15, 0.2) is 0 Å². The van der Waals surface area contributed by atoms with Crippen molar-refractivity contribution in [2.75, 3.05) is 13.7 Å². The highest BCUT2D eigenvalue weighted by molar-refractivity contribution is 5.89. The summed E-state index contributed by atoms with van der Waals surface area (Å²) in [6, 6.07) is 19.8. The molecular weight excluding hydrogens is 478 g/mol. The van der Waals surface area contributed by atoms with Gasteiger partial charge in [0.25, 0.3) is 0 Å². The van der Waals surface area contributed by atoms with Crippen LogP contribution in [0.1, 0.15) is 49.9 Å². The minimum Gasteiger partial charge on any atom is -0.507 e. The van der Waals surface area contributed by atoms with Gasteiger partial charge < -0.3 is 14.2 Å². The van der Waals surface area contributed by atoms with E-state index in [4.69, 9.17) is 25.9 Å². The molecule has 3 aromatic carbocycles. The van der Waals surface area contributed by atoms with E-state index in [9.17, 15) is 4.79 Å². The van der Waals surface area contributed by atoms with Gasteiger partial charge in [0, 0.05) is 16.5 Å². The third-order valence-electron chi connectivity index (χ3n) is 7.06. The number of para-hydroxylation sites is 2. The van der Waals surface area contributed by atoms with Gasteiger partial charge in [-0.15, -0.1) is 0 Å². The number of hydrogen-bond donors (Lipinski definition) is 0. The molecule has 194 valence electrons. The maximum absolute atomic E-state index is 12.1. The summed E-state index contributed by atoms with van der Waals surface area (Å²) < 4.78 is 19.2. The molecule has 0 spiro atoms. The topological polar surface area (TPSA) is 66.9 Å². The Morgan fingerprint density at radius 2 is 1.92 bits per heavy atom. The average molecular weight is 510 g/mol. The molecule has 1 fully saturated rings. The number of aromatic nitrogens is 2. The first kappa shape index (κ1) is 25.3. The first-order valence-corrected chi connectivity index (χ1v) is 13.0. The van der Waals surface area contributed by atoms with Crippen LogP contribution < -0.4 is 9.47 Å². The molecule has 5 rings (SSSR count). The number of fused-ring (bicyclic) bond motifs is 1. The molecule has 1 saturated carbocycles. The SMILES string of the molecule is [C-]#[N+]c1cccc(-c2ccc3c(c2)c(COc2ccccc2CC(=O)OCC)nn3C2CCCC2)c1OC. The summed E-state index contributed by atoms with van der Waals surface area (Å²) in [5, 5.41) is 6.04. The predicted octanol–water partition coefficient (Wildman–Crippen LogP) is 7.06. The lowest BCUT2D eigenvalue weighted by Crippen LogP contribution is -2.09. The molecule has 0 saturated heterocycles. The van der Waals surface area contributed by atoms with E-state index in [0.717, 1.165) is 46.1 Å². The second-order valence-corrected chi connectivity index (χ2v) is 9.41. The van der Waals surface area contributed by atoms with Crippen LogP contribution in [-0.2, 0) is 22.6 Å². The largest absolute Gasteiger partial charge is 0.507 e. The molecule has 1 aromatic heterocycles. The number of esters is 1. The fourth-order valence-electron chi connectivity index (χ4n) is 5.27. The van der Waals surface area contributed by atoms with E-state index in [1.165, 1.54) is 12.8 Å². The summed E-state index contributed by atoms with van der Waals surface area (Å²) in [6.45, 7) is 9.92. The standard InChI is InChI=1S/C31H31N3O4/c1-4-37-30(35)19-22-10-5-8-15-29(22)38-20-27-25-18-21(24-13-9-14-26(32-2)31(24)36-3)16-17-28(25)34(33-27)23-11-6-7-12-23/h5,8-10,13-18,23H,4,6-7,11-12,19-20H2,1,3H3. The Labute approximate surface area is 222 Å². The van der Waals surface area contributed by atoms with Crippen LogP contribution in [0.15, 0.2) is 60.7 Å². The van der Waals surface area contributed by atoms with Gasteiger partial charge in [-0.1, -0.05) is 55.3 Å². The Bertz CT molecular complexity index is 1500. The maximum Gasteiger partial charge on any atom is 0.310 e. The lowest BCUT2D eigenvalue weighted by atomic mass is 10.0. The molecular formula is C31H31N3O4. The van der Waals surface area contributed by atoms with Crippen LogP contribution in [-0.4, -0.2) is 29.5 Å². The zero-order valence-corrected chi connectivity index (χ0v) is 21.8. The number of carbonyl (C=O) groups excluding carboxylic acids is 1. The fraction of sp³-hybridized carbons (Fsp3) is 0.323. The van der Waals surface area contributed by atoms with Gasteiger partial charge in [0.2, 0.25) is 5.69 Å². The quantitative estimate of drug-likeness (QED) is 0.178. The Balaban J connectivity index is 1.53. The molecule has 1 heterocycles. The molecule has 38 heavy (non-hydrogen) atoms. The second kappa shape index (κ2) is 11.4. The van der Waals surface area contributed by atoms with E-state index in [2.05, 4.69) is 27.7 Å². The normalized spacial score (nSPS) is 13.4. The molecule has 0 amide bonds. The zero-order valence-electron chi connectivity index (χ0n) is 21.8. The molecule has 0 atom stereocenters. The maximum atomic E-state index is 12.1. The van der Waals surface area contributed by atoms with Gasteiger partial charge in [-0.25, -0.2) is 4.85 Å². The molecule has 0 N–H and O–H groups in total. The number of methoxy groups -OCH3 is 1. The van der Waals surface area contributed by atoms with Crippen molar-refractivity contribution in [1.29, 1.82) is 0 Å². The summed E-state index contributed by atoms with van der Waals surface area (Å²) >= 11 is 0. The van der Waals surface area contributed by atoms with Crippen LogP contribution in [0.25, 0.3) is 26.9 Å². The highest BCUT2D eigenvalue weighted by Crippen LogP contribution is 2.40. The van der Waals surface area contributed by atoms with Crippen molar-refractivity contribution in [3.63, 3.8) is 0 Å². The Hall–Kier alpha value is -4.31. The van der Waals surface area contributed by atoms with Crippen LogP contribution >= 0.6 is 0 Å². The van der Waals surface area contributed by atoms with Crippen molar-refractivity contribution in [2.45, 2.75) is 51.7 Å². The summed E-state index contributed by atoms with van der Waals surface area (Å²) in [4.78, 5) is 15.7. The first-order valence-electron chi connectivity index (χ1n) is 13.0. The highest BCUT2D eigenvalue weighted by Gasteiger charge is 2.23. The predicted molar refractivity (Wildman–Crippen MR) is 147 cm³/mol. The highest BCUT2D eigenvalue weighted by atomic mass is 16.5. The van der Waals surface area contributed by atoms with Crippen molar-refractivity contribution < 1.29 is 19.0 Å². The Morgan fingerprint density at radius 1 is 1.11 bits per heavy atom. The van der Waals surface area contributed by atoms with Crippen LogP contribution in [0, 0.1) is 6.57 Å². The van der Waals surface area contributed by atoms with Crippen molar-refractivity contribution >= 4 is 22.6 Å². The molecule has 7 nitrogen and oxygen atoms in total. The lowest BCUT2D eigenvalue weighted by Gasteiger charge is -2.13. The fourth-order valence-corrected chi connectivity index (χ4v) is 5.27. The van der Waals surface area contributed by atoms with Gasteiger partial charge >= 0.3 is 5.97 Å². The minimum atomic E-state index is -0.278. The summed E-state index contributed by atoms with van der Waals surface area (Å²) in [5.41, 5.74) is 4.98. The summed E-state index contributed by atoms with van der Waals surface area (Å²) in [5.74, 6) is 0.933. The number of rotatable bonds is 9. The number of ether oxygens (including phenoxy) is 3.